The van der Waals surface area contributed by atoms with E-state index in [0.29, 0.717) is 17.2 Å². The maximum atomic E-state index is 12.5. The molecule has 0 radical (unpaired) electrons. The third-order valence-corrected chi connectivity index (χ3v) is 6.65. The predicted octanol–water partition coefficient (Wildman–Crippen LogP) is 2.47. The molecule has 0 bridgehead atoms. The second-order valence-corrected chi connectivity index (χ2v) is 8.36. The van der Waals surface area contributed by atoms with Crippen LogP contribution in [0.2, 0.25) is 0 Å². The molecule has 0 amide bonds. The zero-order chi connectivity index (χ0) is 14.2. The summed E-state index contributed by atoms with van der Waals surface area (Å²) in [6.07, 6.45) is 7.24. The number of rotatable bonds is 4. The maximum absolute atomic E-state index is 12.5. The molecule has 1 aromatic rings. The highest BCUT2D eigenvalue weighted by molar-refractivity contribution is 7.91. The van der Waals surface area contributed by atoms with Gasteiger partial charge in [0.1, 0.15) is 0 Å². The molecule has 1 aromatic carbocycles. The lowest BCUT2D eigenvalue weighted by molar-refractivity contribution is 0.464. The Hall–Kier alpha value is -0.870. The van der Waals surface area contributed by atoms with Gasteiger partial charge in [-0.15, -0.1) is 0 Å². The largest absolute Gasteiger partial charge is 0.327 e. The number of aryl methyl sites for hydroxylation is 2. The predicted molar refractivity (Wildman–Crippen MR) is 80.5 cm³/mol. The van der Waals surface area contributed by atoms with Gasteiger partial charge in [0.15, 0.2) is 9.84 Å². The van der Waals surface area contributed by atoms with E-state index in [1.54, 1.807) is 6.07 Å². The number of sulfone groups is 1. The van der Waals surface area contributed by atoms with Crippen molar-refractivity contribution in [1.82, 2.24) is 0 Å². The van der Waals surface area contributed by atoms with Crippen molar-refractivity contribution in [2.45, 2.75) is 55.9 Å². The first-order valence-electron chi connectivity index (χ1n) is 7.66. The van der Waals surface area contributed by atoms with Crippen molar-refractivity contribution >= 4 is 9.84 Å². The van der Waals surface area contributed by atoms with Gasteiger partial charge in [0.05, 0.1) is 10.6 Å². The van der Waals surface area contributed by atoms with Crippen LogP contribution in [0.15, 0.2) is 23.1 Å². The highest BCUT2D eigenvalue weighted by atomic mass is 32.2. The maximum Gasteiger partial charge on any atom is 0.178 e. The third-order valence-electron chi connectivity index (χ3n) is 4.90. The Bertz CT molecular complexity index is 594. The van der Waals surface area contributed by atoms with E-state index in [-0.39, 0.29) is 11.8 Å². The minimum Gasteiger partial charge on any atom is -0.327 e. The third kappa shape index (κ3) is 2.77. The van der Waals surface area contributed by atoms with Gasteiger partial charge in [-0.25, -0.2) is 8.42 Å². The summed E-state index contributed by atoms with van der Waals surface area (Å²) in [6.45, 7) is 0. The molecular weight excluding hydrogens is 270 g/mol. The van der Waals surface area contributed by atoms with Gasteiger partial charge >= 0.3 is 0 Å². The summed E-state index contributed by atoms with van der Waals surface area (Å²) in [4.78, 5) is 0.504. The van der Waals surface area contributed by atoms with Crippen LogP contribution in [-0.4, -0.2) is 20.2 Å². The fraction of sp³-hybridized carbons (Fsp3) is 0.625. The SMILES string of the molecule is NC1CCCC1CCS(=O)(=O)c1ccc2c(c1)CCC2. The summed E-state index contributed by atoms with van der Waals surface area (Å²) in [5.74, 6) is 0.628. The van der Waals surface area contributed by atoms with Crippen LogP contribution < -0.4 is 5.73 Å². The van der Waals surface area contributed by atoms with Gasteiger partial charge in [0.2, 0.25) is 0 Å². The molecule has 2 unspecified atom stereocenters. The number of hydrogen-bond acceptors (Lipinski definition) is 3. The molecule has 2 aliphatic carbocycles. The smallest absolute Gasteiger partial charge is 0.178 e. The summed E-state index contributed by atoms with van der Waals surface area (Å²) in [7, 11) is -3.15. The summed E-state index contributed by atoms with van der Waals surface area (Å²) >= 11 is 0. The van der Waals surface area contributed by atoms with Crippen LogP contribution >= 0.6 is 0 Å². The first-order valence-corrected chi connectivity index (χ1v) is 9.31. The molecule has 3 rings (SSSR count). The van der Waals surface area contributed by atoms with Crippen molar-refractivity contribution in [1.29, 1.82) is 0 Å². The van der Waals surface area contributed by atoms with Crippen molar-refractivity contribution < 1.29 is 8.42 Å². The second-order valence-electron chi connectivity index (χ2n) is 6.25. The van der Waals surface area contributed by atoms with Gasteiger partial charge in [-0.2, -0.15) is 0 Å². The molecule has 2 aliphatic rings. The van der Waals surface area contributed by atoms with Gasteiger partial charge in [0, 0.05) is 6.04 Å². The molecule has 0 spiro atoms. The molecule has 1 saturated carbocycles. The van der Waals surface area contributed by atoms with Crippen LogP contribution in [0.5, 0.6) is 0 Å². The molecule has 20 heavy (non-hydrogen) atoms. The second kappa shape index (κ2) is 5.49. The lowest BCUT2D eigenvalue weighted by atomic mass is 10.0. The van der Waals surface area contributed by atoms with Gasteiger partial charge in [-0.3, -0.25) is 0 Å². The average molecular weight is 293 g/mol. The van der Waals surface area contributed by atoms with Gasteiger partial charge < -0.3 is 5.73 Å². The van der Waals surface area contributed by atoms with E-state index >= 15 is 0 Å². The summed E-state index contributed by atoms with van der Waals surface area (Å²) < 4.78 is 24.9. The number of hydrogen-bond donors (Lipinski definition) is 1. The molecule has 0 aromatic heterocycles. The summed E-state index contributed by atoms with van der Waals surface area (Å²) in [5, 5.41) is 0. The van der Waals surface area contributed by atoms with Crippen LogP contribution in [0.1, 0.15) is 43.2 Å². The van der Waals surface area contributed by atoms with Crippen LogP contribution in [-0.2, 0) is 22.7 Å². The van der Waals surface area contributed by atoms with E-state index in [9.17, 15) is 8.42 Å². The number of fused-ring (bicyclic) bond motifs is 1. The number of nitrogens with two attached hydrogens (primary N) is 1. The Morgan fingerprint density at radius 1 is 1.10 bits per heavy atom. The monoisotopic (exact) mass is 293 g/mol. The minimum atomic E-state index is -3.15. The molecule has 3 nitrogen and oxygen atoms in total. The Kier molecular flexibility index (Phi) is 3.87. The Labute approximate surface area is 121 Å². The zero-order valence-corrected chi connectivity index (χ0v) is 12.7. The van der Waals surface area contributed by atoms with Gasteiger partial charge in [0.25, 0.3) is 0 Å². The molecule has 1 fully saturated rings. The van der Waals surface area contributed by atoms with Crippen molar-refractivity contribution in [3.63, 3.8) is 0 Å². The first-order chi connectivity index (χ1) is 9.56. The molecule has 0 aliphatic heterocycles. The Balaban J connectivity index is 1.71. The first kappa shape index (κ1) is 14.1. The van der Waals surface area contributed by atoms with E-state index in [2.05, 4.69) is 0 Å². The van der Waals surface area contributed by atoms with E-state index < -0.39 is 9.84 Å². The topological polar surface area (TPSA) is 60.2 Å². The number of benzene rings is 1. The fourth-order valence-corrected chi connectivity index (χ4v) is 5.04. The van der Waals surface area contributed by atoms with Crippen LogP contribution in [0.25, 0.3) is 0 Å². The zero-order valence-electron chi connectivity index (χ0n) is 11.8. The molecule has 2 atom stereocenters. The Morgan fingerprint density at radius 2 is 1.90 bits per heavy atom. The average Bonchev–Trinajstić information content (AvgIpc) is 3.04. The summed E-state index contributed by atoms with van der Waals surface area (Å²) in [5.41, 5.74) is 8.57. The molecule has 110 valence electrons. The fourth-order valence-electron chi connectivity index (χ4n) is 3.59. The van der Waals surface area contributed by atoms with Crippen LogP contribution in [0.4, 0.5) is 0 Å². The van der Waals surface area contributed by atoms with Crippen molar-refractivity contribution in [2.24, 2.45) is 11.7 Å². The van der Waals surface area contributed by atoms with Crippen molar-refractivity contribution in [3.05, 3.63) is 29.3 Å². The van der Waals surface area contributed by atoms with E-state index in [0.717, 1.165) is 38.5 Å². The molecular formula is C16H23NO2S. The quantitative estimate of drug-likeness (QED) is 0.927. The van der Waals surface area contributed by atoms with Gasteiger partial charge in [-0.05, 0) is 67.7 Å². The molecule has 4 heteroatoms. The van der Waals surface area contributed by atoms with Crippen LogP contribution in [0.3, 0.4) is 0 Å². The van der Waals surface area contributed by atoms with Crippen molar-refractivity contribution in [2.75, 3.05) is 5.75 Å². The lowest BCUT2D eigenvalue weighted by Crippen LogP contribution is -2.26. The van der Waals surface area contributed by atoms with E-state index in [1.807, 2.05) is 12.1 Å². The minimum absolute atomic E-state index is 0.199. The standard InChI is InChI=1S/C16H23NO2S/c17-16-6-2-4-13(16)9-10-20(18,19)15-8-7-12-3-1-5-14(12)11-15/h7-8,11,13,16H,1-6,9-10,17H2. The molecule has 0 saturated heterocycles. The normalized spacial score (nSPS) is 25.9. The summed E-state index contributed by atoms with van der Waals surface area (Å²) in [6, 6.07) is 5.88. The van der Waals surface area contributed by atoms with E-state index in [4.69, 9.17) is 5.73 Å². The highest BCUT2D eigenvalue weighted by Crippen LogP contribution is 2.29. The lowest BCUT2D eigenvalue weighted by Gasteiger charge is -2.15. The Morgan fingerprint density at radius 3 is 2.65 bits per heavy atom. The highest BCUT2D eigenvalue weighted by Gasteiger charge is 2.26. The molecule has 2 N–H and O–H groups in total. The van der Waals surface area contributed by atoms with Gasteiger partial charge in [-0.1, -0.05) is 12.5 Å². The van der Waals surface area contributed by atoms with E-state index in [1.165, 1.54) is 11.1 Å². The van der Waals surface area contributed by atoms with Crippen molar-refractivity contribution in [3.8, 4) is 0 Å². The molecule has 0 heterocycles. The van der Waals surface area contributed by atoms with Crippen LogP contribution in [0, 0.1) is 5.92 Å².